The van der Waals surface area contributed by atoms with Crippen LogP contribution in [-0.4, -0.2) is 22.2 Å². The lowest BCUT2D eigenvalue weighted by Gasteiger charge is -2.44. The highest BCUT2D eigenvalue weighted by atomic mass is 28.3. The van der Waals surface area contributed by atoms with E-state index < -0.39 is 8.07 Å². The van der Waals surface area contributed by atoms with Crippen molar-refractivity contribution in [2.45, 2.75) is 38.8 Å². The van der Waals surface area contributed by atoms with E-state index in [9.17, 15) is 0 Å². The predicted octanol–water partition coefficient (Wildman–Crippen LogP) is 12.0. The van der Waals surface area contributed by atoms with Gasteiger partial charge in [0.05, 0.1) is 33.4 Å². The van der Waals surface area contributed by atoms with Crippen molar-refractivity contribution in [3.05, 3.63) is 188 Å². The smallest absolute Gasteiger partial charge is 0.269 e. The number of ether oxygens (including phenoxy) is 1. The van der Waals surface area contributed by atoms with Crippen LogP contribution in [0.25, 0.3) is 72.3 Å². The summed E-state index contributed by atoms with van der Waals surface area (Å²) in [6, 6.07) is 62.6. The Balaban J connectivity index is 1.04. The van der Waals surface area contributed by atoms with Crippen LogP contribution in [0.2, 0.25) is 11.1 Å². The zero-order valence-electron chi connectivity index (χ0n) is 34.2. The van der Waals surface area contributed by atoms with Gasteiger partial charge in [-0.1, -0.05) is 161 Å². The molecule has 5 nitrogen and oxygen atoms in total. The molecule has 4 heterocycles. The van der Waals surface area contributed by atoms with Crippen LogP contribution in [0.4, 0.5) is 0 Å². The third-order valence-electron chi connectivity index (χ3n) is 12.8. The third-order valence-corrected chi connectivity index (χ3v) is 19.0. The number of benzene rings is 7. The average molecular weight is 793 g/mol. The number of aromatic nitrogens is 4. The quantitative estimate of drug-likeness (QED) is 0.0873. The summed E-state index contributed by atoms with van der Waals surface area (Å²) < 4.78 is 13.6. The monoisotopic (exact) mass is 792 g/mol. The zero-order chi connectivity index (χ0) is 40.5. The van der Waals surface area contributed by atoms with E-state index in [0.29, 0.717) is 11.1 Å². The second-order valence-corrected chi connectivity index (χ2v) is 21.7. The first kappa shape index (κ1) is 36.1. The molecule has 1 aliphatic rings. The first-order valence-electron chi connectivity index (χ1n) is 20.9. The molecule has 6 heteroatoms. The number of hydrogen-bond acceptors (Lipinski definition) is 2. The Bertz CT molecular complexity index is 3190. The maximum Gasteiger partial charge on any atom is 0.269 e. The van der Waals surface area contributed by atoms with Gasteiger partial charge in [0.2, 0.25) is 0 Å². The van der Waals surface area contributed by atoms with Gasteiger partial charge in [0.25, 0.3) is 6.33 Å². The molecule has 0 unspecified atom stereocenters. The molecule has 0 saturated heterocycles. The lowest BCUT2D eigenvalue weighted by Crippen LogP contribution is -2.65. The molecule has 0 radical (unpaired) electrons. The van der Waals surface area contributed by atoms with Crippen molar-refractivity contribution >= 4 is 51.3 Å². The molecule has 3 aromatic heterocycles. The van der Waals surface area contributed by atoms with E-state index in [4.69, 9.17) is 9.72 Å². The van der Waals surface area contributed by atoms with Gasteiger partial charge in [-0.05, 0) is 80.1 Å². The molecule has 1 aliphatic heterocycles. The highest BCUT2D eigenvalue weighted by Gasteiger charge is 2.49. The van der Waals surface area contributed by atoms with Gasteiger partial charge in [-0.2, -0.15) is 0 Å². The zero-order valence-corrected chi connectivity index (χ0v) is 35.2. The van der Waals surface area contributed by atoms with Crippen LogP contribution in [0.5, 0.6) is 11.5 Å². The Labute approximate surface area is 351 Å². The number of nitrogens with zero attached hydrogens (tertiary/aromatic N) is 4. The van der Waals surface area contributed by atoms with E-state index in [1.54, 1.807) is 0 Å². The minimum Gasteiger partial charge on any atom is -0.458 e. The van der Waals surface area contributed by atoms with Crippen molar-refractivity contribution < 1.29 is 9.30 Å². The molecule has 0 amide bonds. The van der Waals surface area contributed by atoms with Gasteiger partial charge >= 0.3 is 0 Å². The second kappa shape index (κ2) is 14.1. The molecule has 0 fully saturated rings. The van der Waals surface area contributed by atoms with Gasteiger partial charge in [-0.3, -0.25) is 13.7 Å². The van der Waals surface area contributed by atoms with Crippen molar-refractivity contribution in [3.63, 3.8) is 0 Å². The minimum atomic E-state index is -2.19. The molecule has 60 heavy (non-hydrogen) atoms. The summed E-state index contributed by atoms with van der Waals surface area (Å²) in [5.74, 6) is 2.59. The summed E-state index contributed by atoms with van der Waals surface area (Å²) >= 11 is 0. The van der Waals surface area contributed by atoms with Crippen LogP contribution in [0.3, 0.4) is 0 Å². The Morgan fingerprint density at radius 1 is 0.567 bits per heavy atom. The van der Waals surface area contributed by atoms with Gasteiger partial charge in [0, 0.05) is 23.0 Å². The average Bonchev–Trinajstić information content (AvgIpc) is 3.84. The van der Waals surface area contributed by atoms with Crippen LogP contribution in [0.15, 0.2) is 182 Å². The maximum absolute atomic E-state index is 6.80. The Morgan fingerprint density at radius 2 is 1.22 bits per heavy atom. The van der Waals surface area contributed by atoms with Gasteiger partial charge < -0.3 is 4.74 Å². The fourth-order valence-electron chi connectivity index (χ4n) is 10.3. The molecular formula is C54H44N4OSi. The fraction of sp³-hybridized carbons (Fsp3) is 0.111. The first-order chi connectivity index (χ1) is 29.4. The molecule has 0 N–H and O–H groups in total. The SMILES string of the molecule is CC(C)[Si]1(C(C)C)c2cccnc2-n2c3cc(Oc4cccc(-n5[c-][n+](-c6c(-c7ccccc7)cccc6-c6ccccc6)c6ccccc65)c4)ccc3c3cccc1c32. The van der Waals surface area contributed by atoms with Crippen molar-refractivity contribution in [1.82, 2.24) is 14.1 Å². The minimum absolute atomic E-state index is 0.512. The number of para-hydroxylation sites is 4. The maximum atomic E-state index is 6.80. The van der Waals surface area contributed by atoms with Gasteiger partial charge in [-0.15, -0.1) is 0 Å². The molecule has 0 bridgehead atoms. The van der Waals surface area contributed by atoms with E-state index >= 15 is 0 Å². The second-order valence-electron chi connectivity index (χ2n) is 16.6. The molecule has 0 aliphatic carbocycles. The molecule has 0 saturated carbocycles. The molecule has 290 valence electrons. The van der Waals surface area contributed by atoms with E-state index in [1.165, 1.54) is 26.7 Å². The van der Waals surface area contributed by atoms with E-state index in [2.05, 4.69) is 218 Å². The third kappa shape index (κ3) is 5.37. The molecule has 0 atom stereocenters. The van der Waals surface area contributed by atoms with Crippen LogP contribution < -0.4 is 19.7 Å². The highest BCUT2D eigenvalue weighted by molar-refractivity contribution is 7.06. The molecule has 11 rings (SSSR count). The van der Waals surface area contributed by atoms with E-state index in [-0.39, 0.29) is 0 Å². The summed E-state index contributed by atoms with van der Waals surface area (Å²) in [6.07, 6.45) is 5.75. The number of rotatable bonds is 8. The van der Waals surface area contributed by atoms with E-state index in [1.807, 2.05) is 12.3 Å². The van der Waals surface area contributed by atoms with Crippen LogP contribution in [0.1, 0.15) is 27.7 Å². The van der Waals surface area contributed by atoms with Crippen LogP contribution >= 0.6 is 0 Å². The van der Waals surface area contributed by atoms with Crippen molar-refractivity contribution in [1.29, 1.82) is 0 Å². The summed E-state index contributed by atoms with van der Waals surface area (Å²) in [4.78, 5) is 5.13. The fourth-order valence-corrected chi connectivity index (χ4v) is 16.4. The largest absolute Gasteiger partial charge is 0.458 e. The van der Waals surface area contributed by atoms with Crippen molar-refractivity contribution in [2.75, 3.05) is 0 Å². The lowest BCUT2D eigenvalue weighted by molar-refractivity contribution is -0.571. The summed E-state index contributed by atoms with van der Waals surface area (Å²) in [7, 11) is -2.19. The van der Waals surface area contributed by atoms with Crippen molar-refractivity contribution in [3.8, 4) is 50.9 Å². The Kier molecular flexibility index (Phi) is 8.46. The van der Waals surface area contributed by atoms with Gasteiger partial charge in [-0.25, -0.2) is 4.98 Å². The Morgan fingerprint density at radius 3 is 1.95 bits per heavy atom. The summed E-state index contributed by atoms with van der Waals surface area (Å²) in [5, 5.41) is 5.41. The molecule has 10 aromatic rings. The number of fused-ring (bicyclic) bond motifs is 6. The Hall–Kier alpha value is -7.02. The number of imidazole rings is 1. The van der Waals surface area contributed by atoms with Gasteiger partial charge in [0.15, 0.2) is 0 Å². The molecule has 7 aromatic carbocycles. The lowest BCUT2D eigenvalue weighted by atomic mass is 9.95. The van der Waals surface area contributed by atoms with Crippen molar-refractivity contribution in [2.24, 2.45) is 0 Å². The molecular weight excluding hydrogens is 749 g/mol. The first-order valence-corrected chi connectivity index (χ1v) is 23.1. The van der Waals surface area contributed by atoms with E-state index in [0.717, 1.165) is 67.5 Å². The predicted molar refractivity (Wildman–Crippen MR) is 248 cm³/mol. The topological polar surface area (TPSA) is 35.9 Å². The normalized spacial score (nSPS) is 13.1. The van der Waals surface area contributed by atoms with Crippen LogP contribution in [0, 0.1) is 6.33 Å². The number of hydrogen-bond donors (Lipinski definition) is 0. The highest BCUT2D eigenvalue weighted by Crippen LogP contribution is 2.42. The van der Waals surface area contributed by atoms with Gasteiger partial charge in [0.1, 0.15) is 25.4 Å². The van der Waals surface area contributed by atoms with Crippen LogP contribution in [-0.2, 0) is 0 Å². The summed E-state index contributed by atoms with van der Waals surface area (Å²) in [5.41, 5.74) is 12.1. The number of pyridine rings is 1. The standard InChI is InChI=1S/C54H44N4OSi/c1-36(2)60(37(3)4)50-28-15-25-46-45-31-30-42(34-49(45)58(53(46)50)54-51(60)29-16-32-55-54)59-41-22-13-21-40(33-41)56-35-57(48-27-12-11-26-47(48)56)52-43(38-17-7-5-8-18-38)23-14-24-44(52)39-19-9-6-10-20-39/h5-34,36-37H,1-4H3. The molecule has 0 spiro atoms. The summed E-state index contributed by atoms with van der Waals surface area (Å²) in [6.45, 7) is 9.67.